The summed E-state index contributed by atoms with van der Waals surface area (Å²) in [4.78, 5) is 0. The van der Waals surface area contributed by atoms with Gasteiger partial charge in [-0.3, -0.25) is 0 Å². The zero-order chi connectivity index (χ0) is 11.9. The summed E-state index contributed by atoms with van der Waals surface area (Å²) in [6.45, 7) is 5.79. The lowest BCUT2D eigenvalue weighted by molar-refractivity contribution is 0.600. The molecule has 0 nitrogen and oxygen atoms in total. The van der Waals surface area contributed by atoms with E-state index in [0.717, 1.165) is 6.42 Å². The summed E-state index contributed by atoms with van der Waals surface area (Å²) in [5.41, 5.74) is 2.82. The molecule has 0 saturated heterocycles. The molecule has 0 N–H and O–H groups in total. The maximum absolute atomic E-state index is 3.56. The Labute approximate surface area is 102 Å². The lowest BCUT2D eigenvalue weighted by atomic mass is 10.1. The summed E-state index contributed by atoms with van der Waals surface area (Å²) in [6, 6.07) is 0. The van der Waals surface area contributed by atoms with Gasteiger partial charge in [0.05, 0.1) is 0 Å². The molecule has 0 saturated carbocycles. The Morgan fingerprint density at radius 1 is 0.812 bits per heavy atom. The highest BCUT2D eigenvalue weighted by Crippen LogP contribution is 2.09. The van der Waals surface area contributed by atoms with Crippen LogP contribution in [0.15, 0.2) is 30.5 Å². The molecule has 0 heteroatoms. The summed E-state index contributed by atoms with van der Waals surface area (Å²) >= 11 is 0. The van der Waals surface area contributed by atoms with Crippen LogP contribution in [0, 0.1) is 0 Å². The van der Waals surface area contributed by atoms with Crippen molar-refractivity contribution in [2.45, 2.75) is 71.1 Å². The smallest absolute Gasteiger partial charge is 0.0275 e. The van der Waals surface area contributed by atoms with E-state index in [1.54, 1.807) is 0 Å². The van der Waals surface area contributed by atoms with Crippen molar-refractivity contribution in [3.63, 3.8) is 0 Å². The van der Waals surface area contributed by atoms with E-state index in [0.29, 0.717) is 0 Å². The highest BCUT2D eigenvalue weighted by molar-refractivity contribution is 4.80. The van der Waals surface area contributed by atoms with Crippen LogP contribution in [0.2, 0.25) is 0 Å². The summed E-state index contributed by atoms with van der Waals surface area (Å²) in [5, 5.41) is 0. The lowest BCUT2D eigenvalue weighted by Crippen LogP contribution is -1.79. The molecule has 0 aliphatic carbocycles. The first-order chi connectivity index (χ1) is 7.91. The van der Waals surface area contributed by atoms with Crippen LogP contribution in [0.1, 0.15) is 71.1 Å². The summed E-state index contributed by atoms with van der Waals surface area (Å²) < 4.78 is 0. The SMILES string of the molecule is C=C=CCCCCCCCCC=CCCC. The van der Waals surface area contributed by atoms with Gasteiger partial charge in [-0.15, -0.1) is 5.73 Å². The predicted molar refractivity (Wildman–Crippen MR) is 74.7 cm³/mol. The molecule has 0 bridgehead atoms. The number of unbranched alkanes of at least 4 members (excludes halogenated alkanes) is 8. The number of rotatable bonds is 11. The molecule has 0 aliphatic rings. The fraction of sp³-hybridized carbons (Fsp3) is 0.688. The van der Waals surface area contributed by atoms with Gasteiger partial charge in [-0.05, 0) is 38.2 Å². The van der Waals surface area contributed by atoms with Crippen molar-refractivity contribution >= 4 is 0 Å². The summed E-state index contributed by atoms with van der Waals surface area (Å²) in [5.74, 6) is 0. The zero-order valence-electron chi connectivity index (χ0n) is 11.0. The number of hydrogen-bond donors (Lipinski definition) is 0. The molecule has 0 aromatic rings. The molecule has 0 fully saturated rings. The Hall–Kier alpha value is -0.740. The third-order valence-electron chi connectivity index (χ3n) is 2.74. The fourth-order valence-electron chi connectivity index (χ4n) is 1.72. The molecule has 16 heavy (non-hydrogen) atoms. The van der Waals surface area contributed by atoms with E-state index in [1.165, 1.54) is 57.8 Å². The van der Waals surface area contributed by atoms with Gasteiger partial charge in [0.2, 0.25) is 0 Å². The summed E-state index contributed by atoms with van der Waals surface area (Å²) in [7, 11) is 0. The molecule has 0 heterocycles. The second-order valence-corrected chi connectivity index (χ2v) is 4.37. The second kappa shape index (κ2) is 14.3. The number of allylic oxidation sites excluding steroid dienone is 3. The van der Waals surface area contributed by atoms with E-state index >= 15 is 0 Å². The van der Waals surface area contributed by atoms with Gasteiger partial charge in [0.25, 0.3) is 0 Å². The van der Waals surface area contributed by atoms with Gasteiger partial charge in [-0.1, -0.05) is 57.8 Å². The average molecular weight is 220 g/mol. The van der Waals surface area contributed by atoms with Gasteiger partial charge >= 0.3 is 0 Å². The van der Waals surface area contributed by atoms with Gasteiger partial charge in [0.15, 0.2) is 0 Å². The Balaban J connectivity index is 3.01. The molecular weight excluding hydrogens is 192 g/mol. The van der Waals surface area contributed by atoms with E-state index in [9.17, 15) is 0 Å². The van der Waals surface area contributed by atoms with E-state index in [4.69, 9.17) is 0 Å². The van der Waals surface area contributed by atoms with Gasteiger partial charge in [0, 0.05) is 0 Å². The lowest BCUT2D eigenvalue weighted by Gasteiger charge is -1.98. The van der Waals surface area contributed by atoms with Crippen molar-refractivity contribution in [2.75, 3.05) is 0 Å². The molecule has 0 rings (SSSR count). The Bertz CT molecular complexity index is 194. The molecule has 0 atom stereocenters. The molecule has 0 amide bonds. The third-order valence-corrected chi connectivity index (χ3v) is 2.74. The molecule has 0 unspecified atom stereocenters. The van der Waals surface area contributed by atoms with E-state index in [-0.39, 0.29) is 0 Å². The Morgan fingerprint density at radius 2 is 1.38 bits per heavy atom. The molecule has 0 aromatic carbocycles. The first-order valence-corrected chi connectivity index (χ1v) is 6.91. The van der Waals surface area contributed by atoms with Crippen molar-refractivity contribution in [1.82, 2.24) is 0 Å². The minimum Gasteiger partial charge on any atom is -0.133 e. The van der Waals surface area contributed by atoms with Crippen molar-refractivity contribution in [3.05, 3.63) is 30.5 Å². The Kier molecular flexibility index (Phi) is 13.6. The minimum atomic E-state index is 1.16. The fourth-order valence-corrected chi connectivity index (χ4v) is 1.72. The number of hydrogen-bond acceptors (Lipinski definition) is 0. The van der Waals surface area contributed by atoms with Crippen LogP contribution < -0.4 is 0 Å². The van der Waals surface area contributed by atoms with Gasteiger partial charge < -0.3 is 0 Å². The van der Waals surface area contributed by atoms with Crippen LogP contribution in [-0.4, -0.2) is 0 Å². The molecule has 0 aromatic heterocycles. The van der Waals surface area contributed by atoms with Crippen molar-refractivity contribution < 1.29 is 0 Å². The van der Waals surface area contributed by atoms with Crippen molar-refractivity contribution in [1.29, 1.82) is 0 Å². The van der Waals surface area contributed by atoms with Gasteiger partial charge in [-0.2, -0.15) is 0 Å². The van der Waals surface area contributed by atoms with Crippen LogP contribution in [0.3, 0.4) is 0 Å². The normalized spacial score (nSPS) is 10.6. The van der Waals surface area contributed by atoms with E-state index < -0.39 is 0 Å². The molecule has 0 aliphatic heterocycles. The quantitative estimate of drug-likeness (QED) is 0.234. The topological polar surface area (TPSA) is 0 Å². The standard InChI is InChI=1S/C16H28/c1-3-5-7-9-11-13-15-16-14-12-10-8-6-4-2/h5,8,10H,1,4,6-7,9,11-16H2,2H3. The van der Waals surface area contributed by atoms with E-state index in [2.05, 4.69) is 31.4 Å². The molecule has 0 spiro atoms. The predicted octanol–water partition coefficient (Wildman–Crippen LogP) is 5.80. The average Bonchev–Trinajstić information content (AvgIpc) is 2.31. The highest BCUT2D eigenvalue weighted by Gasteiger charge is 1.89. The second-order valence-electron chi connectivity index (χ2n) is 4.37. The van der Waals surface area contributed by atoms with Crippen LogP contribution in [0.4, 0.5) is 0 Å². The first kappa shape index (κ1) is 15.3. The highest BCUT2D eigenvalue weighted by atomic mass is 14.0. The van der Waals surface area contributed by atoms with E-state index in [1.807, 2.05) is 6.08 Å². The third kappa shape index (κ3) is 13.3. The van der Waals surface area contributed by atoms with Gasteiger partial charge in [0.1, 0.15) is 0 Å². The van der Waals surface area contributed by atoms with Crippen molar-refractivity contribution in [3.8, 4) is 0 Å². The summed E-state index contributed by atoms with van der Waals surface area (Å²) in [6.07, 6.45) is 19.9. The largest absolute Gasteiger partial charge is 0.133 e. The molecule has 92 valence electrons. The zero-order valence-corrected chi connectivity index (χ0v) is 11.0. The monoisotopic (exact) mass is 220 g/mol. The maximum atomic E-state index is 3.56. The minimum absolute atomic E-state index is 1.16. The van der Waals surface area contributed by atoms with Crippen LogP contribution >= 0.6 is 0 Å². The first-order valence-electron chi connectivity index (χ1n) is 6.91. The maximum Gasteiger partial charge on any atom is -0.0275 e. The van der Waals surface area contributed by atoms with Crippen LogP contribution in [0.25, 0.3) is 0 Å². The van der Waals surface area contributed by atoms with Crippen LogP contribution in [0.5, 0.6) is 0 Å². The van der Waals surface area contributed by atoms with Crippen LogP contribution in [-0.2, 0) is 0 Å². The van der Waals surface area contributed by atoms with Crippen molar-refractivity contribution in [2.24, 2.45) is 0 Å². The Morgan fingerprint density at radius 3 is 2.00 bits per heavy atom. The van der Waals surface area contributed by atoms with Gasteiger partial charge in [-0.25, -0.2) is 0 Å². The molecular formula is C16H28. The molecule has 0 radical (unpaired) electrons.